The smallest absolute Gasteiger partial charge is 0.326 e. The van der Waals surface area contributed by atoms with E-state index >= 15 is 0 Å². The molecule has 2 saturated heterocycles. The number of nitrogens with zero attached hydrogens (tertiary/aromatic N) is 3. The molecule has 0 radical (unpaired) electrons. The summed E-state index contributed by atoms with van der Waals surface area (Å²) >= 11 is 0. The summed E-state index contributed by atoms with van der Waals surface area (Å²) in [6.07, 6.45) is -0.0582. The molecule has 2 fully saturated rings. The van der Waals surface area contributed by atoms with Gasteiger partial charge in [0.05, 0.1) is 19.6 Å². The van der Waals surface area contributed by atoms with Gasteiger partial charge in [0.2, 0.25) is 5.91 Å². The lowest BCUT2D eigenvalue weighted by Crippen LogP contribution is -2.36. The summed E-state index contributed by atoms with van der Waals surface area (Å²) in [4.78, 5) is 41.0. The van der Waals surface area contributed by atoms with Crippen LogP contribution in [0.5, 0.6) is 0 Å². The van der Waals surface area contributed by atoms with Crippen molar-refractivity contribution in [1.29, 1.82) is 0 Å². The molecule has 0 saturated carbocycles. The Hall–Kier alpha value is -2.45. The van der Waals surface area contributed by atoms with E-state index in [4.69, 9.17) is 4.74 Å². The number of carbonyl (C=O) groups excluding carboxylic acids is 3. The lowest BCUT2D eigenvalue weighted by molar-refractivity contribution is -0.129. The van der Waals surface area contributed by atoms with Gasteiger partial charge < -0.3 is 15.0 Å². The summed E-state index contributed by atoms with van der Waals surface area (Å²) < 4.78 is 5.36. The summed E-state index contributed by atoms with van der Waals surface area (Å²) in [5.74, 6) is -0.637. The molecule has 0 aliphatic carbocycles. The van der Waals surface area contributed by atoms with E-state index in [1.165, 1.54) is 19.0 Å². The molecule has 4 amide bonds. The summed E-state index contributed by atoms with van der Waals surface area (Å²) in [6.45, 7) is 3.87. The number of rotatable bonds is 5. The van der Waals surface area contributed by atoms with Gasteiger partial charge in [-0.2, -0.15) is 0 Å². The van der Waals surface area contributed by atoms with Crippen molar-refractivity contribution in [2.24, 2.45) is 0 Å². The number of morpholine rings is 1. The molecule has 0 bridgehead atoms. The minimum Gasteiger partial charge on any atom is -0.379 e. The minimum absolute atomic E-state index is 0.0582. The van der Waals surface area contributed by atoms with Crippen molar-refractivity contribution in [3.63, 3.8) is 0 Å². The Kier molecular flexibility index (Phi) is 5.53. The molecule has 26 heavy (non-hydrogen) atoms. The van der Waals surface area contributed by atoms with E-state index in [1.54, 1.807) is 0 Å². The Balaban J connectivity index is 1.64. The molecular weight excluding hydrogens is 336 g/mol. The summed E-state index contributed by atoms with van der Waals surface area (Å²) in [5.41, 5.74) is 1.75. The van der Waals surface area contributed by atoms with Gasteiger partial charge in [0, 0.05) is 39.4 Å². The first kappa shape index (κ1) is 18.3. The van der Waals surface area contributed by atoms with Crippen LogP contribution in [0.2, 0.25) is 0 Å². The Morgan fingerprint density at radius 2 is 1.88 bits per heavy atom. The number of para-hydroxylation sites is 1. The van der Waals surface area contributed by atoms with Crippen LogP contribution in [0.1, 0.15) is 12.0 Å². The second kappa shape index (κ2) is 7.84. The Morgan fingerprint density at radius 3 is 2.54 bits per heavy atom. The van der Waals surface area contributed by atoms with Gasteiger partial charge in [-0.15, -0.1) is 0 Å². The number of amides is 4. The number of nitrogens with one attached hydrogen (secondary N) is 1. The van der Waals surface area contributed by atoms with Crippen LogP contribution in [0.3, 0.4) is 0 Å². The van der Waals surface area contributed by atoms with Gasteiger partial charge in [-0.25, -0.2) is 4.79 Å². The molecule has 8 nitrogen and oxygen atoms in total. The summed E-state index contributed by atoms with van der Waals surface area (Å²) in [6, 6.07) is 6.50. The van der Waals surface area contributed by atoms with Crippen molar-refractivity contribution >= 4 is 23.5 Å². The number of anilines is 1. The highest BCUT2D eigenvalue weighted by atomic mass is 16.5. The molecule has 1 aromatic carbocycles. The zero-order chi connectivity index (χ0) is 18.7. The largest absolute Gasteiger partial charge is 0.379 e. The lowest BCUT2D eigenvalue weighted by atomic mass is 10.1. The van der Waals surface area contributed by atoms with E-state index in [0.717, 1.165) is 35.8 Å². The average molecular weight is 360 g/mol. The standard InChI is InChI=1S/C18H24N4O4/c1-20-15(17(24)21(2)18(20)25)11-16(23)19-14-6-4-3-5-13(14)12-22-7-9-26-10-8-22/h3-6,15H,7-12H2,1-2H3,(H,19,23). The maximum Gasteiger partial charge on any atom is 0.326 e. The van der Waals surface area contributed by atoms with E-state index in [9.17, 15) is 14.4 Å². The predicted octanol–water partition coefficient (Wildman–Crippen LogP) is 0.740. The monoisotopic (exact) mass is 360 g/mol. The number of urea groups is 1. The fourth-order valence-corrected chi connectivity index (χ4v) is 3.23. The van der Waals surface area contributed by atoms with Crippen LogP contribution in [0.25, 0.3) is 0 Å². The molecule has 1 N–H and O–H groups in total. The van der Waals surface area contributed by atoms with E-state index in [-0.39, 0.29) is 24.3 Å². The third-order valence-corrected chi connectivity index (χ3v) is 4.84. The van der Waals surface area contributed by atoms with Crippen LogP contribution < -0.4 is 5.32 Å². The third kappa shape index (κ3) is 3.86. The number of hydrogen-bond donors (Lipinski definition) is 1. The fourth-order valence-electron chi connectivity index (χ4n) is 3.23. The maximum atomic E-state index is 12.5. The quantitative estimate of drug-likeness (QED) is 0.783. The minimum atomic E-state index is -0.751. The zero-order valence-electron chi connectivity index (χ0n) is 15.1. The highest BCUT2D eigenvalue weighted by Crippen LogP contribution is 2.21. The number of ether oxygens (including phenoxy) is 1. The highest BCUT2D eigenvalue weighted by molar-refractivity contribution is 6.06. The van der Waals surface area contributed by atoms with Gasteiger partial charge in [-0.1, -0.05) is 18.2 Å². The first-order valence-electron chi connectivity index (χ1n) is 8.69. The summed E-state index contributed by atoms with van der Waals surface area (Å²) in [7, 11) is 2.96. The van der Waals surface area contributed by atoms with Gasteiger partial charge in [-0.3, -0.25) is 19.4 Å². The van der Waals surface area contributed by atoms with Gasteiger partial charge in [-0.05, 0) is 11.6 Å². The molecule has 0 aromatic heterocycles. The molecule has 1 aromatic rings. The van der Waals surface area contributed by atoms with Gasteiger partial charge >= 0.3 is 6.03 Å². The first-order chi connectivity index (χ1) is 12.5. The Labute approximate surface area is 152 Å². The van der Waals surface area contributed by atoms with Crippen LogP contribution in [0.15, 0.2) is 24.3 Å². The second-order valence-corrected chi connectivity index (χ2v) is 6.60. The fraction of sp³-hybridized carbons (Fsp3) is 0.500. The molecule has 2 aliphatic rings. The van der Waals surface area contributed by atoms with E-state index < -0.39 is 6.04 Å². The van der Waals surface area contributed by atoms with Crippen LogP contribution >= 0.6 is 0 Å². The van der Waals surface area contributed by atoms with Gasteiger partial charge in [0.1, 0.15) is 6.04 Å². The van der Waals surface area contributed by atoms with Crippen molar-refractivity contribution in [1.82, 2.24) is 14.7 Å². The van der Waals surface area contributed by atoms with Crippen molar-refractivity contribution in [2.75, 3.05) is 45.7 Å². The topological polar surface area (TPSA) is 82.2 Å². The van der Waals surface area contributed by atoms with Crippen molar-refractivity contribution < 1.29 is 19.1 Å². The Bertz CT molecular complexity index is 702. The first-order valence-corrected chi connectivity index (χ1v) is 8.69. The number of carbonyl (C=O) groups is 3. The maximum absolute atomic E-state index is 12.5. The predicted molar refractivity (Wildman–Crippen MR) is 95.5 cm³/mol. The Morgan fingerprint density at radius 1 is 1.19 bits per heavy atom. The lowest BCUT2D eigenvalue weighted by Gasteiger charge is -2.27. The van der Waals surface area contributed by atoms with Crippen molar-refractivity contribution in [2.45, 2.75) is 19.0 Å². The van der Waals surface area contributed by atoms with Crippen LogP contribution in [0.4, 0.5) is 10.5 Å². The van der Waals surface area contributed by atoms with Gasteiger partial charge in [0.25, 0.3) is 5.91 Å². The number of benzene rings is 1. The van der Waals surface area contributed by atoms with E-state index in [2.05, 4.69) is 10.2 Å². The second-order valence-electron chi connectivity index (χ2n) is 6.60. The van der Waals surface area contributed by atoms with Crippen LogP contribution in [-0.4, -0.2) is 79.0 Å². The molecule has 2 heterocycles. The summed E-state index contributed by atoms with van der Waals surface area (Å²) in [5, 5.41) is 2.89. The van der Waals surface area contributed by atoms with Crippen LogP contribution in [0, 0.1) is 0 Å². The molecule has 140 valence electrons. The third-order valence-electron chi connectivity index (χ3n) is 4.84. The number of imide groups is 1. The van der Waals surface area contributed by atoms with Crippen molar-refractivity contribution in [3.8, 4) is 0 Å². The SMILES string of the molecule is CN1C(=O)C(CC(=O)Nc2ccccc2CN2CCOCC2)N(C)C1=O. The van der Waals surface area contributed by atoms with Crippen molar-refractivity contribution in [3.05, 3.63) is 29.8 Å². The normalized spacial score (nSPS) is 21.4. The molecule has 2 aliphatic heterocycles. The zero-order valence-corrected chi connectivity index (χ0v) is 15.1. The molecule has 1 atom stereocenters. The number of likely N-dealkylation sites (N-methyl/N-ethyl adjacent to an activating group) is 2. The molecule has 8 heteroatoms. The molecular formula is C18H24N4O4. The highest BCUT2D eigenvalue weighted by Gasteiger charge is 2.41. The molecule has 0 spiro atoms. The van der Waals surface area contributed by atoms with Gasteiger partial charge in [0.15, 0.2) is 0 Å². The average Bonchev–Trinajstić information content (AvgIpc) is 2.82. The van der Waals surface area contributed by atoms with E-state index in [1.807, 2.05) is 24.3 Å². The molecule has 3 rings (SSSR count). The van der Waals surface area contributed by atoms with Crippen LogP contribution in [-0.2, 0) is 20.9 Å². The van der Waals surface area contributed by atoms with E-state index in [0.29, 0.717) is 13.2 Å². The number of hydrogen-bond acceptors (Lipinski definition) is 5. The molecule has 1 unspecified atom stereocenters.